The fourth-order valence-corrected chi connectivity index (χ4v) is 2.74. The van der Waals surface area contributed by atoms with Gasteiger partial charge in [-0.05, 0) is 50.5 Å². The molecular weight excluding hydrogens is 230 g/mol. The minimum atomic E-state index is 0.162. The van der Waals surface area contributed by atoms with Gasteiger partial charge in [0, 0.05) is 22.5 Å². The summed E-state index contributed by atoms with van der Waals surface area (Å²) >= 11 is 4.24. The maximum atomic E-state index is 12.4. The molecule has 1 aliphatic rings. The number of carbonyl (C=O) groups is 1. The molecule has 3 heteroatoms. The number of amides is 1. The van der Waals surface area contributed by atoms with Crippen LogP contribution in [0, 0.1) is 0 Å². The van der Waals surface area contributed by atoms with E-state index in [1.54, 1.807) is 0 Å². The molecule has 1 aromatic rings. The highest BCUT2D eigenvalue weighted by atomic mass is 32.1. The molecule has 92 valence electrons. The van der Waals surface area contributed by atoms with Crippen LogP contribution in [0.4, 0.5) is 0 Å². The summed E-state index contributed by atoms with van der Waals surface area (Å²) in [7, 11) is 0. The Balaban J connectivity index is 2.21. The zero-order chi connectivity index (χ0) is 12.4. The largest absolute Gasteiger partial charge is 0.333 e. The van der Waals surface area contributed by atoms with Crippen LogP contribution in [-0.4, -0.2) is 22.9 Å². The third-order valence-electron chi connectivity index (χ3n) is 3.61. The van der Waals surface area contributed by atoms with Crippen LogP contribution < -0.4 is 0 Å². The average Bonchev–Trinajstić information content (AvgIpc) is 2.70. The van der Waals surface area contributed by atoms with Gasteiger partial charge in [0.05, 0.1) is 0 Å². The Bertz CT molecular complexity index is 401. The predicted octanol–water partition coefficient (Wildman–Crippen LogP) is 3.38. The quantitative estimate of drug-likeness (QED) is 0.797. The highest BCUT2D eigenvalue weighted by Crippen LogP contribution is 2.27. The lowest BCUT2D eigenvalue weighted by atomic mass is 10.1. The lowest BCUT2D eigenvalue weighted by molar-refractivity contribution is 0.0676. The monoisotopic (exact) mass is 249 g/mol. The maximum Gasteiger partial charge on any atom is 0.254 e. The zero-order valence-corrected chi connectivity index (χ0v) is 11.3. The molecule has 0 bridgehead atoms. The van der Waals surface area contributed by atoms with Gasteiger partial charge in [-0.15, -0.1) is 12.6 Å². The van der Waals surface area contributed by atoms with E-state index < -0.39 is 0 Å². The molecule has 2 rings (SSSR count). The standard InChI is InChI=1S/C14H19NOS/c1-3-12-7-4-10(2)15(12)14(16)11-5-8-13(17)9-6-11/h5-6,8-10,12,17H,3-4,7H2,1-2H3. The van der Waals surface area contributed by atoms with Crippen molar-refractivity contribution in [3.8, 4) is 0 Å². The summed E-state index contributed by atoms with van der Waals surface area (Å²) in [6, 6.07) is 8.25. The van der Waals surface area contributed by atoms with Crippen molar-refractivity contribution in [1.29, 1.82) is 0 Å². The SMILES string of the molecule is CCC1CCC(C)N1C(=O)c1ccc(S)cc1. The van der Waals surface area contributed by atoms with Crippen molar-refractivity contribution < 1.29 is 4.79 Å². The molecule has 1 aliphatic heterocycles. The summed E-state index contributed by atoms with van der Waals surface area (Å²) in [6.45, 7) is 4.29. The van der Waals surface area contributed by atoms with Crippen LogP contribution in [0.5, 0.6) is 0 Å². The molecule has 1 aromatic carbocycles. The van der Waals surface area contributed by atoms with E-state index in [4.69, 9.17) is 0 Å². The lowest BCUT2D eigenvalue weighted by Crippen LogP contribution is -2.39. The summed E-state index contributed by atoms with van der Waals surface area (Å²) in [5.41, 5.74) is 0.773. The van der Waals surface area contributed by atoms with Crippen LogP contribution >= 0.6 is 12.6 Å². The molecule has 1 saturated heterocycles. The average molecular weight is 249 g/mol. The summed E-state index contributed by atoms with van der Waals surface area (Å²) in [6.07, 6.45) is 3.30. The molecule has 0 saturated carbocycles. The Kier molecular flexibility index (Phi) is 3.77. The van der Waals surface area contributed by atoms with Crippen LogP contribution in [-0.2, 0) is 0 Å². The Morgan fingerprint density at radius 1 is 1.35 bits per heavy atom. The van der Waals surface area contributed by atoms with Gasteiger partial charge < -0.3 is 4.90 Å². The van der Waals surface area contributed by atoms with Crippen LogP contribution in [0.2, 0.25) is 0 Å². The smallest absolute Gasteiger partial charge is 0.254 e. The van der Waals surface area contributed by atoms with Gasteiger partial charge in [0.1, 0.15) is 0 Å². The second-order valence-electron chi connectivity index (χ2n) is 4.75. The molecule has 2 unspecified atom stereocenters. The van der Waals surface area contributed by atoms with Gasteiger partial charge >= 0.3 is 0 Å². The van der Waals surface area contributed by atoms with E-state index in [1.807, 2.05) is 29.2 Å². The van der Waals surface area contributed by atoms with Crippen LogP contribution in [0.3, 0.4) is 0 Å². The first-order valence-electron chi connectivity index (χ1n) is 6.25. The van der Waals surface area contributed by atoms with E-state index in [-0.39, 0.29) is 5.91 Å². The van der Waals surface area contributed by atoms with E-state index >= 15 is 0 Å². The molecule has 0 aromatic heterocycles. The van der Waals surface area contributed by atoms with Crippen LogP contribution in [0.15, 0.2) is 29.2 Å². The molecule has 0 N–H and O–H groups in total. The molecule has 1 fully saturated rings. The lowest BCUT2D eigenvalue weighted by Gasteiger charge is -2.28. The highest BCUT2D eigenvalue weighted by Gasteiger charge is 2.33. The maximum absolute atomic E-state index is 12.4. The summed E-state index contributed by atoms with van der Waals surface area (Å²) in [5.74, 6) is 0.162. The van der Waals surface area contributed by atoms with E-state index in [1.165, 1.54) is 0 Å². The molecule has 1 amide bonds. The molecule has 0 aliphatic carbocycles. The van der Waals surface area contributed by atoms with E-state index in [2.05, 4.69) is 26.5 Å². The molecule has 0 spiro atoms. The number of thiol groups is 1. The van der Waals surface area contributed by atoms with Gasteiger partial charge in [-0.3, -0.25) is 4.79 Å². The van der Waals surface area contributed by atoms with Gasteiger partial charge in [-0.25, -0.2) is 0 Å². The molecular formula is C14H19NOS. The van der Waals surface area contributed by atoms with E-state index in [9.17, 15) is 4.79 Å². The van der Waals surface area contributed by atoms with Crippen molar-refractivity contribution in [2.75, 3.05) is 0 Å². The van der Waals surface area contributed by atoms with Gasteiger partial charge in [-0.2, -0.15) is 0 Å². The minimum absolute atomic E-state index is 0.162. The molecule has 17 heavy (non-hydrogen) atoms. The van der Waals surface area contributed by atoms with Crippen molar-refractivity contribution in [2.45, 2.75) is 50.1 Å². The van der Waals surface area contributed by atoms with Crippen LogP contribution in [0.1, 0.15) is 43.5 Å². The first-order chi connectivity index (χ1) is 8.13. The summed E-state index contributed by atoms with van der Waals surface area (Å²) in [4.78, 5) is 15.4. The third-order valence-corrected chi connectivity index (χ3v) is 3.90. The molecule has 0 radical (unpaired) electrons. The van der Waals surface area contributed by atoms with Gasteiger partial charge in [-0.1, -0.05) is 6.92 Å². The van der Waals surface area contributed by atoms with Crippen molar-refractivity contribution >= 4 is 18.5 Å². The Hall–Kier alpha value is -0.960. The normalized spacial score (nSPS) is 24.1. The number of nitrogens with zero attached hydrogens (tertiary/aromatic N) is 1. The number of hydrogen-bond donors (Lipinski definition) is 1. The number of likely N-dealkylation sites (tertiary alicyclic amines) is 1. The minimum Gasteiger partial charge on any atom is -0.333 e. The Morgan fingerprint density at radius 3 is 2.59 bits per heavy atom. The number of hydrogen-bond acceptors (Lipinski definition) is 2. The molecule has 1 heterocycles. The first-order valence-corrected chi connectivity index (χ1v) is 6.70. The highest BCUT2D eigenvalue weighted by molar-refractivity contribution is 7.80. The Morgan fingerprint density at radius 2 is 2.00 bits per heavy atom. The predicted molar refractivity (Wildman–Crippen MR) is 72.6 cm³/mol. The fourth-order valence-electron chi connectivity index (χ4n) is 2.59. The van der Waals surface area contributed by atoms with Crippen molar-refractivity contribution in [1.82, 2.24) is 4.90 Å². The van der Waals surface area contributed by atoms with Gasteiger partial charge in [0.2, 0.25) is 0 Å². The summed E-state index contributed by atoms with van der Waals surface area (Å²) in [5, 5.41) is 0. The first kappa shape index (κ1) is 12.5. The van der Waals surface area contributed by atoms with Crippen molar-refractivity contribution in [3.63, 3.8) is 0 Å². The van der Waals surface area contributed by atoms with Crippen LogP contribution in [0.25, 0.3) is 0 Å². The number of carbonyl (C=O) groups excluding carboxylic acids is 1. The molecule has 2 nitrogen and oxygen atoms in total. The summed E-state index contributed by atoms with van der Waals surface area (Å²) < 4.78 is 0. The van der Waals surface area contributed by atoms with Gasteiger partial charge in [0.25, 0.3) is 5.91 Å². The number of rotatable bonds is 2. The Labute approximate surface area is 108 Å². The van der Waals surface area contributed by atoms with E-state index in [0.717, 1.165) is 29.7 Å². The zero-order valence-electron chi connectivity index (χ0n) is 10.4. The fraction of sp³-hybridized carbons (Fsp3) is 0.500. The van der Waals surface area contributed by atoms with Crippen molar-refractivity contribution in [3.05, 3.63) is 29.8 Å². The number of benzene rings is 1. The second-order valence-corrected chi connectivity index (χ2v) is 5.26. The topological polar surface area (TPSA) is 20.3 Å². The van der Waals surface area contributed by atoms with Crippen molar-refractivity contribution in [2.24, 2.45) is 0 Å². The third kappa shape index (κ3) is 2.49. The second kappa shape index (κ2) is 5.13. The van der Waals surface area contributed by atoms with Gasteiger partial charge in [0.15, 0.2) is 0 Å². The van der Waals surface area contributed by atoms with E-state index in [0.29, 0.717) is 12.1 Å². The molecule has 2 atom stereocenters.